The second kappa shape index (κ2) is 8.72. The first-order chi connectivity index (χ1) is 17.1. The van der Waals surface area contributed by atoms with Gasteiger partial charge in [0.25, 0.3) is 0 Å². The molecule has 0 saturated heterocycles. The highest BCUT2D eigenvalue weighted by Crippen LogP contribution is 2.37. The maximum absolute atomic E-state index is 13.5. The van der Waals surface area contributed by atoms with Gasteiger partial charge in [-0.3, -0.25) is 10.7 Å². The minimum atomic E-state index is -4.77. The summed E-state index contributed by atoms with van der Waals surface area (Å²) in [6.07, 6.45) is -3.78. The van der Waals surface area contributed by atoms with Crippen LogP contribution in [0.3, 0.4) is 0 Å². The summed E-state index contributed by atoms with van der Waals surface area (Å²) in [6.45, 7) is -0.134. The number of rotatable bonds is 4. The maximum Gasteiger partial charge on any atom is 0.433 e. The zero-order chi connectivity index (χ0) is 25.6. The summed E-state index contributed by atoms with van der Waals surface area (Å²) in [5.74, 6) is -0.656. The first kappa shape index (κ1) is 23.4. The van der Waals surface area contributed by atoms with Crippen LogP contribution in [0.2, 0.25) is 5.15 Å². The van der Waals surface area contributed by atoms with Gasteiger partial charge in [0.2, 0.25) is 5.65 Å². The highest BCUT2D eigenvalue weighted by atomic mass is 35.5. The van der Waals surface area contributed by atoms with Crippen LogP contribution in [0.25, 0.3) is 28.0 Å². The molecule has 0 atom stereocenters. The van der Waals surface area contributed by atoms with E-state index in [4.69, 9.17) is 17.3 Å². The lowest BCUT2D eigenvalue weighted by Crippen LogP contribution is -2.28. The van der Waals surface area contributed by atoms with E-state index in [9.17, 15) is 22.4 Å². The Morgan fingerprint density at radius 3 is 2.47 bits per heavy atom. The van der Waals surface area contributed by atoms with E-state index in [2.05, 4.69) is 20.1 Å². The quantitative estimate of drug-likeness (QED) is 0.288. The van der Waals surface area contributed by atoms with Crippen molar-refractivity contribution in [3.8, 4) is 22.4 Å². The number of aromatic amines is 1. The lowest BCUT2D eigenvalue weighted by molar-refractivity contribution is -0.351. The molecule has 1 aromatic carbocycles. The molecule has 5 rings (SSSR count). The maximum atomic E-state index is 13.5. The fourth-order valence-electron chi connectivity index (χ4n) is 3.78. The number of fused-ring (bicyclic) bond motifs is 1. The minimum absolute atomic E-state index is 0.0134. The van der Waals surface area contributed by atoms with Crippen LogP contribution in [-0.4, -0.2) is 24.1 Å². The highest BCUT2D eigenvalue weighted by Gasteiger charge is 2.34. The molecule has 0 radical (unpaired) electrons. The Kier molecular flexibility index (Phi) is 5.67. The van der Waals surface area contributed by atoms with Gasteiger partial charge in [0.05, 0.1) is 24.0 Å². The van der Waals surface area contributed by atoms with Crippen LogP contribution in [0.1, 0.15) is 11.4 Å². The number of anilines is 1. The van der Waals surface area contributed by atoms with Crippen molar-refractivity contribution in [2.75, 3.05) is 5.73 Å². The third-order valence-electron chi connectivity index (χ3n) is 5.34. The van der Waals surface area contributed by atoms with E-state index >= 15 is 0 Å². The Hall–Kier alpha value is -4.32. The summed E-state index contributed by atoms with van der Waals surface area (Å²) in [5.41, 5.74) is 5.64. The number of benzene rings is 1. The molecule has 4 aromatic heterocycles. The van der Waals surface area contributed by atoms with E-state index < -0.39 is 28.5 Å². The Bertz CT molecular complexity index is 1650. The Balaban J connectivity index is 1.82. The first-order valence-electron chi connectivity index (χ1n) is 10.4. The van der Waals surface area contributed by atoms with Gasteiger partial charge in [-0.25, -0.2) is 19.2 Å². The number of nitrogens with zero attached hydrogens (tertiary/aromatic N) is 5. The molecule has 0 spiro atoms. The topological polar surface area (TPSA) is 105 Å². The number of pyridine rings is 2. The van der Waals surface area contributed by atoms with Crippen LogP contribution in [-0.2, 0) is 12.7 Å². The number of alkyl halides is 3. The molecular formula is C23H15ClF4N7O+. The third kappa shape index (κ3) is 4.26. The predicted molar refractivity (Wildman–Crippen MR) is 122 cm³/mol. The zero-order valence-corrected chi connectivity index (χ0v) is 18.8. The molecule has 0 unspecified atom stereocenters. The van der Waals surface area contributed by atoms with Gasteiger partial charge < -0.3 is 0 Å². The summed E-state index contributed by atoms with van der Waals surface area (Å²) >= 11 is 5.96. The lowest BCUT2D eigenvalue weighted by atomic mass is 10.00. The third-order valence-corrected chi connectivity index (χ3v) is 5.54. The largest absolute Gasteiger partial charge is 0.433 e. The Morgan fingerprint density at radius 2 is 1.81 bits per heavy atom. The molecule has 36 heavy (non-hydrogen) atoms. The van der Waals surface area contributed by atoms with Gasteiger partial charge >= 0.3 is 17.8 Å². The molecule has 5 aromatic rings. The number of nitrogen functional groups attached to an aromatic ring is 1. The predicted octanol–water partition coefficient (Wildman–Crippen LogP) is 3.88. The standard InChI is InChI=1S/C23H14ClF4N7O/c24-17-9-13(8-16(31-17)23(26,27)28)18-19(12-4-2-1-3-5-12)32-21(29)35-20(18)33-34(22(35)36)11-15-7-6-14(25)10-30-15/h1-10H,11H2,(H2,29,32)/p+1. The molecule has 0 aliphatic rings. The van der Waals surface area contributed by atoms with Crippen molar-refractivity contribution in [2.45, 2.75) is 12.7 Å². The molecule has 0 aliphatic heterocycles. The van der Waals surface area contributed by atoms with E-state index in [0.29, 0.717) is 17.0 Å². The molecule has 0 saturated carbocycles. The molecule has 3 N–H and O–H groups in total. The van der Waals surface area contributed by atoms with Crippen LogP contribution < -0.4 is 16.4 Å². The van der Waals surface area contributed by atoms with Crippen molar-refractivity contribution in [3.63, 3.8) is 0 Å². The number of hydrogen-bond acceptors (Lipinski definition) is 5. The van der Waals surface area contributed by atoms with Crippen molar-refractivity contribution >= 4 is 23.2 Å². The van der Waals surface area contributed by atoms with E-state index in [-0.39, 0.29) is 29.3 Å². The van der Waals surface area contributed by atoms with Crippen LogP contribution >= 0.6 is 11.6 Å². The van der Waals surface area contributed by atoms with E-state index in [1.807, 2.05) is 0 Å². The average Bonchev–Trinajstić information content (AvgIpc) is 3.16. The van der Waals surface area contributed by atoms with Crippen molar-refractivity contribution in [3.05, 3.63) is 93.6 Å². The van der Waals surface area contributed by atoms with Crippen molar-refractivity contribution in [1.82, 2.24) is 24.1 Å². The van der Waals surface area contributed by atoms with E-state index in [1.54, 1.807) is 30.3 Å². The number of nitrogens with one attached hydrogen (secondary N) is 1. The van der Waals surface area contributed by atoms with E-state index in [1.165, 1.54) is 18.2 Å². The minimum Gasteiger partial charge on any atom is -0.290 e. The van der Waals surface area contributed by atoms with Gasteiger partial charge in [0.1, 0.15) is 22.4 Å². The molecule has 4 heterocycles. The number of H-pyrrole nitrogens is 1. The molecule has 182 valence electrons. The Labute approximate surface area is 204 Å². The van der Waals surface area contributed by atoms with E-state index in [0.717, 1.165) is 21.3 Å². The molecule has 0 amide bonds. The first-order valence-corrected chi connectivity index (χ1v) is 10.7. The number of halogens is 5. The van der Waals surface area contributed by atoms with Gasteiger partial charge in [0, 0.05) is 5.56 Å². The smallest absolute Gasteiger partial charge is 0.290 e. The van der Waals surface area contributed by atoms with Gasteiger partial charge in [-0.15, -0.1) is 9.50 Å². The SMILES string of the molecule is Nc1[nH+]c(-c2ccccc2)c(-c2cc(Cl)nc(C(F)(F)F)c2)c2nn(Cc3ccc(F)cn3)c(=O)n12. The average molecular weight is 517 g/mol. The second-order valence-electron chi connectivity index (χ2n) is 7.75. The summed E-state index contributed by atoms with van der Waals surface area (Å²) in [4.78, 5) is 23.4. The molecular weight excluding hydrogens is 502 g/mol. The Morgan fingerprint density at radius 1 is 1.06 bits per heavy atom. The highest BCUT2D eigenvalue weighted by molar-refractivity contribution is 6.29. The zero-order valence-electron chi connectivity index (χ0n) is 18.1. The molecule has 13 heteroatoms. The summed E-state index contributed by atoms with van der Waals surface area (Å²) < 4.78 is 56.0. The second-order valence-corrected chi connectivity index (χ2v) is 8.14. The summed E-state index contributed by atoms with van der Waals surface area (Å²) in [7, 11) is 0. The fourth-order valence-corrected chi connectivity index (χ4v) is 3.99. The van der Waals surface area contributed by atoms with Crippen LogP contribution in [0.4, 0.5) is 23.5 Å². The van der Waals surface area contributed by atoms with Crippen molar-refractivity contribution < 1.29 is 22.5 Å². The van der Waals surface area contributed by atoms with Gasteiger partial charge in [-0.05, 0) is 29.8 Å². The number of nitrogens with two attached hydrogens (primary N) is 1. The molecule has 0 aliphatic carbocycles. The van der Waals surface area contributed by atoms with Gasteiger partial charge in [-0.2, -0.15) is 17.9 Å². The molecule has 8 nitrogen and oxygen atoms in total. The normalized spacial score (nSPS) is 11.8. The summed E-state index contributed by atoms with van der Waals surface area (Å²) in [6, 6.07) is 13.3. The monoisotopic (exact) mass is 516 g/mol. The van der Waals surface area contributed by atoms with Gasteiger partial charge in [0.15, 0.2) is 0 Å². The van der Waals surface area contributed by atoms with Crippen molar-refractivity contribution in [2.24, 2.45) is 0 Å². The fraction of sp³-hybridized carbons (Fsp3) is 0.0870. The van der Waals surface area contributed by atoms with Gasteiger partial charge in [-0.1, -0.05) is 41.9 Å². The number of aromatic nitrogens is 6. The summed E-state index contributed by atoms with van der Waals surface area (Å²) in [5, 5.41) is 3.97. The number of hydrogen-bond donors (Lipinski definition) is 1. The van der Waals surface area contributed by atoms with Crippen LogP contribution in [0.5, 0.6) is 0 Å². The van der Waals surface area contributed by atoms with Crippen molar-refractivity contribution in [1.29, 1.82) is 0 Å². The van der Waals surface area contributed by atoms with Crippen LogP contribution in [0.15, 0.2) is 65.6 Å². The van der Waals surface area contributed by atoms with Crippen LogP contribution in [0, 0.1) is 5.82 Å². The molecule has 0 fully saturated rings. The lowest BCUT2D eigenvalue weighted by Gasteiger charge is -2.12. The molecule has 0 bridgehead atoms.